The van der Waals surface area contributed by atoms with E-state index in [1.54, 1.807) is 34.0 Å². The highest BCUT2D eigenvalue weighted by atomic mass is 32.1. The van der Waals surface area contributed by atoms with Gasteiger partial charge in [0.1, 0.15) is 5.00 Å². The van der Waals surface area contributed by atoms with Crippen LogP contribution in [0.3, 0.4) is 0 Å². The fourth-order valence-corrected chi connectivity index (χ4v) is 3.24. The van der Waals surface area contributed by atoms with Gasteiger partial charge < -0.3 is 19.4 Å². The van der Waals surface area contributed by atoms with E-state index in [2.05, 4.69) is 5.32 Å². The average molecular weight is 350 g/mol. The molecule has 24 heavy (non-hydrogen) atoms. The van der Waals surface area contributed by atoms with Gasteiger partial charge in [0.25, 0.3) is 11.8 Å². The van der Waals surface area contributed by atoms with Crippen LogP contribution in [-0.2, 0) is 4.74 Å². The van der Waals surface area contributed by atoms with E-state index in [1.807, 2.05) is 0 Å². The van der Waals surface area contributed by atoms with Crippen LogP contribution in [0.5, 0.6) is 0 Å². The number of hydrogen-bond donors (Lipinski definition) is 1. The molecule has 2 amide bonds. The number of esters is 1. The molecule has 2 heterocycles. The molecule has 0 saturated heterocycles. The molecule has 0 aliphatic rings. The number of carbonyl (C=O) groups excluding carboxylic acids is 3. The van der Waals surface area contributed by atoms with E-state index < -0.39 is 11.9 Å². The summed E-state index contributed by atoms with van der Waals surface area (Å²) in [5, 5.41) is 2.88. The van der Waals surface area contributed by atoms with Crippen molar-refractivity contribution in [2.24, 2.45) is 0 Å². The number of furan rings is 1. The summed E-state index contributed by atoms with van der Waals surface area (Å²) in [5.41, 5.74) is 0.666. The summed E-state index contributed by atoms with van der Waals surface area (Å²) in [4.78, 5) is 38.5. The van der Waals surface area contributed by atoms with E-state index in [-0.39, 0.29) is 28.8 Å². The second-order valence-electron chi connectivity index (χ2n) is 5.11. The zero-order chi connectivity index (χ0) is 17.9. The zero-order valence-corrected chi connectivity index (χ0v) is 14.7. The lowest BCUT2D eigenvalue weighted by molar-refractivity contribution is 0.0527. The van der Waals surface area contributed by atoms with Gasteiger partial charge in [0.2, 0.25) is 0 Å². The second-order valence-corrected chi connectivity index (χ2v) is 6.13. The van der Waals surface area contributed by atoms with Gasteiger partial charge in [-0.05, 0) is 31.5 Å². The number of carbonyl (C=O) groups is 3. The Morgan fingerprint density at radius 2 is 2.04 bits per heavy atom. The molecule has 7 nitrogen and oxygen atoms in total. The topological polar surface area (TPSA) is 88.8 Å². The number of anilines is 1. The van der Waals surface area contributed by atoms with Crippen LogP contribution in [0, 0.1) is 6.92 Å². The molecule has 0 aromatic carbocycles. The van der Waals surface area contributed by atoms with Crippen LogP contribution in [0.2, 0.25) is 0 Å². The third kappa shape index (κ3) is 3.48. The highest BCUT2D eigenvalue weighted by Crippen LogP contribution is 2.34. The molecule has 1 N–H and O–H groups in total. The van der Waals surface area contributed by atoms with Crippen LogP contribution >= 0.6 is 11.3 Å². The summed E-state index contributed by atoms with van der Waals surface area (Å²) in [6, 6.07) is 3.09. The Hall–Kier alpha value is -2.61. The first-order valence-corrected chi connectivity index (χ1v) is 8.05. The number of hydrogen-bond acceptors (Lipinski definition) is 6. The van der Waals surface area contributed by atoms with Crippen molar-refractivity contribution < 1.29 is 23.5 Å². The fourth-order valence-electron chi connectivity index (χ4n) is 2.03. The molecule has 0 saturated carbocycles. The number of rotatable bonds is 5. The molecule has 8 heteroatoms. The Bertz CT molecular complexity index is 762. The van der Waals surface area contributed by atoms with Crippen molar-refractivity contribution >= 4 is 34.1 Å². The van der Waals surface area contributed by atoms with Crippen LogP contribution in [-0.4, -0.2) is 43.4 Å². The molecule has 2 aromatic heterocycles. The molecule has 0 atom stereocenters. The van der Waals surface area contributed by atoms with Crippen molar-refractivity contribution in [3.63, 3.8) is 0 Å². The quantitative estimate of drug-likeness (QED) is 0.838. The van der Waals surface area contributed by atoms with Crippen LogP contribution in [0.4, 0.5) is 5.00 Å². The molecule has 0 bridgehead atoms. The van der Waals surface area contributed by atoms with Gasteiger partial charge in [-0.1, -0.05) is 0 Å². The molecule has 0 aliphatic heterocycles. The molecule has 2 aromatic rings. The van der Waals surface area contributed by atoms with Crippen molar-refractivity contribution in [2.45, 2.75) is 13.8 Å². The molecule has 0 spiro atoms. The number of amides is 2. The van der Waals surface area contributed by atoms with Gasteiger partial charge in [-0.15, -0.1) is 11.3 Å². The van der Waals surface area contributed by atoms with Crippen molar-refractivity contribution in [3.05, 3.63) is 40.2 Å². The monoisotopic (exact) mass is 350 g/mol. The summed E-state index contributed by atoms with van der Waals surface area (Å²) in [6.45, 7) is 3.53. The molecule has 0 radical (unpaired) electrons. The molecule has 2 rings (SSSR count). The molecule has 0 aliphatic carbocycles. The highest BCUT2D eigenvalue weighted by molar-refractivity contribution is 7.18. The molecule has 0 unspecified atom stereocenters. The SMILES string of the molecule is CCOC(=O)c1c(NC(=O)c2ccco2)sc(C(=O)N(C)C)c1C. The first-order chi connectivity index (χ1) is 11.4. The third-order valence-electron chi connectivity index (χ3n) is 3.20. The molecule has 0 fully saturated rings. The minimum atomic E-state index is -0.584. The summed E-state index contributed by atoms with van der Waals surface area (Å²) >= 11 is 1.04. The van der Waals surface area contributed by atoms with Crippen molar-refractivity contribution in [3.8, 4) is 0 Å². The van der Waals surface area contributed by atoms with Gasteiger partial charge in [-0.3, -0.25) is 9.59 Å². The Labute approximate surface area is 143 Å². The lowest BCUT2D eigenvalue weighted by Crippen LogP contribution is -2.21. The Morgan fingerprint density at radius 3 is 2.58 bits per heavy atom. The Balaban J connectivity index is 2.44. The minimum Gasteiger partial charge on any atom is -0.462 e. The standard InChI is InChI=1S/C16H18N2O5S/c1-5-22-16(21)11-9(2)12(15(20)18(3)4)24-14(11)17-13(19)10-7-6-8-23-10/h6-8H,5H2,1-4H3,(H,17,19). The first-order valence-electron chi connectivity index (χ1n) is 7.23. The minimum absolute atomic E-state index is 0.108. The average Bonchev–Trinajstić information content (AvgIpc) is 3.15. The van der Waals surface area contributed by atoms with E-state index >= 15 is 0 Å². The van der Waals surface area contributed by atoms with Crippen molar-refractivity contribution in [1.29, 1.82) is 0 Å². The summed E-state index contributed by atoms with van der Waals surface area (Å²) < 4.78 is 10.1. The highest BCUT2D eigenvalue weighted by Gasteiger charge is 2.27. The van der Waals surface area contributed by atoms with Gasteiger partial charge in [0, 0.05) is 14.1 Å². The largest absolute Gasteiger partial charge is 0.462 e. The number of thiophene rings is 1. The summed E-state index contributed by atoms with van der Waals surface area (Å²) in [7, 11) is 3.24. The van der Waals surface area contributed by atoms with Gasteiger partial charge in [0.05, 0.1) is 23.3 Å². The van der Waals surface area contributed by atoms with Crippen molar-refractivity contribution in [2.75, 3.05) is 26.0 Å². The van der Waals surface area contributed by atoms with Crippen LogP contribution in [0.25, 0.3) is 0 Å². The number of ether oxygens (including phenoxy) is 1. The van der Waals surface area contributed by atoms with Crippen LogP contribution in [0.1, 0.15) is 43.1 Å². The molecule has 128 valence electrons. The van der Waals surface area contributed by atoms with Gasteiger partial charge in [0.15, 0.2) is 5.76 Å². The van der Waals surface area contributed by atoms with Crippen molar-refractivity contribution in [1.82, 2.24) is 4.90 Å². The zero-order valence-electron chi connectivity index (χ0n) is 13.8. The maximum atomic E-state index is 12.3. The van der Waals surface area contributed by atoms with Gasteiger partial charge in [-0.25, -0.2) is 4.79 Å². The van der Waals surface area contributed by atoms with E-state index in [0.29, 0.717) is 10.4 Å². The molecular formula is C16H18N2O5S. The van der Waals surface area contributed by atoms with E-state index in [4.69, 9.17) is 9.15 Å². The van der Waals surface area contributed by atoms with Crippen LogP contribution in [0.15, 0.2) is 22.8 Å². The molecular weight excluding hydrogens is 332 g/mol. The predicted octanol–water partition coefficient (Wildman–Crippen LogP) is 2.78. The van der Waals surface area contributed by atoms with E-state index in [1.165, 1.54) is 17.2 Å². The van der Waals surface area contributed by atoms with Gasteiger partial charge >= 0.3 is 5.97 Å². The third-order valence-corrected chi connectivity index (χ3v) is 4.39. The number of nitrogens with zero attached hydrogens (tertiary/aromatic N) is 1. The maximum absolute atomic E-state index is 12.3. The van der Waals surface area contributed by atoms with Gasteiger partial charge in [-0.2, -0.15) is 0 Å². The normalized spacial score (nSPS) is 10.3. The summed E-state index contributed by atoms with van der Waals surface area (Å²) in [5.74, 6) is -1.23. The van der Waals surface area contributed by atoms with E-state index in [0.717, 1.165) is 11.3 Å². The number of nitrogens with one attached hydrogen (secondary N) is 1. The Kier molecular flexibility index (Phi) is 5.40. The first kappa shape index (κ1) is 17.7. The smallest absolute Gasteiger partial charge is 0.341 e. The Morgan fingerprint density at radius 1 is 1.33 bits per heavy atom. The summed E-state index contributed by atoms with van der Waals surface area (Å²) in [6.07, 6.45) is 1.38. The maximum Gasteiger partial charge on any atom is 0.341 e. The predicted molar refractivity (Wildman–Crippen MR) is 89.7 cm³/mol. The van der Waals surface area contributed by atoms with E-state index in [9.17, 15) is 14.4 Å². The fraction of sp³-hybridized carbons (Fsp3) is 0.312. The lowest BCUT2D eigenvalue weighted by atomic mass is 10.1. The second kappa shape index (κ2) is 7.31. The van der Waals surface area contributed by atoms with Crippen LogP contribution < -0.4 is 5.32 Å². The lowest BCUT2D eigenvalue weighted by Gasteiger charge is -2.09.